The number of hydrogen-bond donors (Lipinski definition) is 2. The first-order valence-electron chi connectivity index (χ1n) is 8.05. The lowest BCUT2D eigenvalue weighted by Gasteiger charge is -2.25. The number of carboxylic acid groups (broad SMARTS) is 1. The molecule has 0 radical (unpaired) electrons. The van der Waals surface area contributed by atoms with Crippen LogP contribution in [0.2, 0.25) is 0 Å². The molecular formula is C16H21N3O4S. The van der Waals surface area contributed by atoms with Crippen molar-refractivity contribution < 1.29 is 19.5 Å². The molecule has 2 saturated heterocycles. The first kappa shape index (κ1) is 16.8. The van der Waals surface area contributed by atoms with Gasteiger partial charge in [-0.05, 0) is 17.9 Å². The molecule has 0 unspecified atom stereocenters. The topological polar surface area (TPSA) is 90.0 Å². The average Bonchev–Trinajstić information content (AvgIpc) is 3.24. The van der Waals surface area contributed by atoms with Gasteiger partial charge in [-0.2, -0.15) is 0 Å². The fourth-order valence-corrected chi connectivity index (χ4v) is 4.25. The highest BCUT2D eigenvalue weighted by molar-refractivity contribution is 7.09. The molecule has 0 saturated carbocycles. The Labute approximate surface area is 144 Å². The van der Waals surface area contributed by atoms with E-state index in [0.717, 1.165) is 11.3 Å². The third-order valence-electron chi connectivity index (χ3n) is 4.83. The van der Waals surface area contributed by atoms with Gasteiger partial charge in [0.25, 0.3) is 0 Å². The minimum Gasteiger partial charge on any atom is -0.481 e. The minimum atomic E-state index is -1.17. The second-order valence-electron chi connectivity index (χ2n) is 6.39. The number of hydrogen-bond acceptors (Lipinski definition) is 4. The molecule has 24 heavy (non-hydrogen) atoms. The summed E-state index contributed by atoms with van der Waals surface area (Å²) in [6.45, 7) is 3.37. The highest BCUT2D eigenvalue weighted by Crippen LogP contribution is 2.43. The molecule has 2 aliphatic rings. The van der Waals surface area contributed by atoms with Crippen molar-refractivity contribution in [2.75, 3.05) is 26.2 Å². The van der Waals surface area contributed by atoms with Crippen LogP contribution < -0.4 is 5.32 Å². The van der Waals surface area contributed by atoms with Crippen LogP contribution in [0.4, 0.5) is 4.79 Å². The largest absolute Gasteiger partial charge is 0.481 e. The van der Waals surface area contributed by atoms with Gasteiger partial charge in [0.05, 0.1) is 12.5 Å². The average molecular weight is 351 g/mol. The zero-order chi connectivity index (χ0) is 17.3. The van der Waals surface area contributed by atoms with Crippen molar-refractivity contribution in [1.29, 1.82) is 0 Å². The van der Waals surface area contributed by atoms with Crippen molar-refractivity contribution in [3.05, 3.63) is 22.4 Å². The maximum Gasteiger partial charge on any atom is 0.317 e. The zero-order valence-corrected chi connectivity index (χ0v) is 14.3. The Kier molecular flexibility index (Phi) is 4.49. The maximum absolute atomic E-state index is 12.5. The van der Waals surface area contributed by atoms with Crippen molar-refractivity contribution in [3.8, 4) is 0 Å². The van der Waals surface area contributed by atoms with Crippen LogP contribution in [0.25, 0.3) is 0 Å². The minimum absolute atomic E-state index is 0.0786. The number of nitrogens with one attached hydrogen (secondary N) is 1. The third-order valence-corrected chi connectivity index (χ3v) is 5.70. The summed E-state index contributed by atoms with van der Waals surface area (Å²) in [5.74, 6) is -1.78. The molecule has 0 bridgehead atoms. The van der Waals surface area contributed by atoms with E-state index in [1.54, 1.807) is 16.2 Å². The Balaban J connectivity index is 1.69. The quantitative estimate of drug-likeness (QED) is 0.834. The van der Waals surface area contributed by atoms with Crippen molar-refractivity contribution in [2.24, 2.45) is 11.3 Å². The molecule has 3 heterocycles. The molecule has 3 amide bonds. The molecule has 3 rings (SSSR count). The van der Waals surface area contributed by atoms with Crippen LogP contribution in [-0.4, -0.2) is 59.0 Å². The van der Waals surface area contributed by atoms with E-state index < -0.39 is 17.3 Å². The van der Waals surface area contributed by atoms with Crippen molar-refractivity contribution in [3.63, 3.8) is 0 Å². The van der Waals surface area contributed by atoms with Gasteiger partial charge in [0.15, 0.2) is 0 Å². The molecule has 8 heteroatoms. The van der Waals surface area contributed by atoms with E-state index in [1.165, 1.54) is 4.90 Å². The number of carbonyl (C=O) groups is 3. The Bertz CT molecular complexity index is 648. The first-order valence-corrected chi connectivity index (χ1v) is 8.93. The summed E-state index contributed by atoms with van der Waals surface area (Å²) in [4.78, 5) is 40.9. The van der Waals surface area contributed by atoms with Gasteiger partial charge in [-0.1, -0.05) is 13.0 Å². The second kappa shape index (κ2) is 6.43. The number of aliphatic carboxylic acids is 1. The molecule has 2 N–H and O–H groups in total. The monoisotopic (exact) mass is 351 g/mol. The number of carboxylic acids is 1. The predicted octanol–water partition coefficient (Wildman–Crippen LogP) is 1.21. The Morgan fingerprint density at radius 2 is 2.25 bits per heavy atom. The van der Waals surface area contributed by atoms with Crippen LogP contribution >= 0.6 is 11.3 Å². The highest BCUT2D eigenvalue weighted by atomic mass is 32.1. The van der Waals surface area contributed by atoms with Crippen molar-refractivity contribution in [2.45, 2.75) is 19.9 Å². The van der Waals surface area contributed by atoms with Gasteiger partial charge in [0, 0.05) is 31.1 Å². The normalized spacial score (nSPS) is 25.9. The van der Waals surface area contributed by atoms with Gasteiger partial charge in [-0.15, -0.1) is 11.3 Å². The number of urea groups is 1. The van der Waals surface area contributed by atoms with Gasteiger partial charge >= 0.3 is 12.0 Å². The maximum atomic E-state index is 12.5. The summed E-state index contributed by atoms with van der Waals surface area (Å²) >= 11 is 1.55. The number of carbonyl (C=O) groups excluding carboxylic acids is 2. The summed E-state index contributed by atoms with van der Waals surface area (Å²) < 4.78 is 0. The fraction of sp³-hybridized carbons (Fsp3) is 0.562. The number of likely N-dealkylation sites (tertiary alicyclic amines) is 2. The second-order valence-corrected chi connectivity index (χ2v) is 7.42. The number of thiophene rings is 1. The van der Waals surface area contributed by atoms with Crippen LogP contribution in [0.5, 0.6) is 0 Å². The van der Waals surface area contributed by atoms with Crippen LogP contribution in [0.15, 0.2) is 17.5 Å². The van der Waals surface area contributed by atoms with Crippen LogP contribution in [0.3, 0.4) is 0 Å². The lowest BCUT2D eigenvalue weighted by atomic mass is 9.81. The zero-order valence-electron chi connectivity index (χ0n) is 13.5. The Hall–Kier alpha value is -2.09. The van der Waals surface area contributed by atoms with E-state index in [-0.39, 0.29) is 31.6 Å². The standard InChI is InChI=1S/C16H21N3O4S/c1-2-5-18-9-16(14(21)22)10-19(8-12(16)13(18)20)15(23)17-7-11-4-3-6-24-11/h3-4,6,12H,2,5,7-10H2,1H3,(H,17,23)(H,21,22)/t12-,16+/m1/s1. The van der Waals surface area contributed by atoms with E-state index >= 15 is 0 Å². The number of amides is 3. The number of nitrogens with zero attached hydrogens (tertiary/aromatic N) is 2. The molecule has 1 aromatic heterocycles. The summed E-state index contributed by atoms with van der Waals surface area (Å²) in [6.07, 6.45) is 0.791. The smallest absolute Gasteiger partial charge is 0.317 e. The van der Waals surface area contributed by atoms with E-state index in [4.69, 9.17) is 0 Å². The molecular weight excluding hydrogens is 330 g/mol. The SMILES string of the molecule is CCCN1C[C@]2(C(=O)O)CN(C(=O)NCc3cccs3)C[C@@H]2C1=O. The lowest BCUT2D eigenvalue weighted by molar-refractivity contribution is -0.149. The molecule has 7 nitrogen and oxygen atoms in total. The van der Waals surface area contributed by atoms with Gasteiger partial charge in [0.2, 0.25) is 5.91 Å². The summed E-state index contributed by atoms with van der Waals surface area (Å²) in [5, 5.41) is 14.5. The molecule has 0 spiro atoms. The van der Waals surface area contributed by atoms with Crippen LogP contribution in [0.1, 0.15) is 18.2 Å². The van der Waals surface area contributed by atoms with Gasteiger partial charge in [-0.3, -0.25) is 9.59 Å². The summed E-state index contributed by atoms with van der Waals surface area (Å²) in [5.41, 5.74) is -1.17. The fourth-order valence-electron chi connectivity index (χ4n) is 3.61. The number of fused-ring (bicyclic) bond motifs is 1. The summed E-state index contributed by atoms with van der Waals surface area (Å²) in [6, 6.07) is 3.52. The predicted molar refractivity (Wildman–Crippen MR) is 88.6 cm³/mol. The molecule has 0 aliphatic carbocycles. The van der Waals surface area contributed by atoms with Gasteiger partial charge in [0.1, 0.15) is 5.41 Å². The van der Waals surface area contributed by atoms with Crippen LogP contribution in [0, 0.1) is 11.3 Å². The highest BCUT2D eigenvalue weighted by Gasteiger charge is 2.62. The van der Waals surface area contributed by atoms with Gasteiger partial charge in [-0.25, -0.2) is 4.79 Å². The Morgan fingerprint density at radius 1 is 1.46 bits per heavy atom. The lowest BCUT2D eigenvalue weighted by Crippen LogP contribution is -2.44. The van der Waals surface area contributed by atoms with E-state index in [9.17, 15) is 19.5 Å². The molecule has 1 aromatic rings. The molecule has 2 atom stereocenters. The van der Waals surface area contributed by atoms with Gasteiger partial charge < -0.3 is 20.2 Å². The third kappa shape index (κ3) is 2.75. The Morgan fingerprint density at radius 3 is 2.83 bits per heavy atom. The van der Waals surface area contributed by atoms with E-state index in [1.807, 2.05) is 24.4 Å². The van der Waals surface area contributed by atoms with Crippen LogP contribution in [-0.2, 0) is 16.1 Å². The summed E-state index contributed by atoms with van der Waals surface area (Å²) in [7, 11) is 0. The molecule has 130 valence electrons. The first-order chi connectivity index (χ1) is 11.5. The van der Waals surface area contributed by atoms with Crippen molar-refractivity contribution >= 4 is 29.2 Å². The van der Waals surface area contributed by atoms with E-state index in [0.29, 0.717) is 13.1 Å². The molecule has 0 aromatic carbocycles. The van der Waals surface area contributed by atoms with Crippen molar-refractivity contribution in [1.82, 2.24) is 15.1 Å². The molecule has 2 aliphatic heterocycles. The molecule has 2 fully saturated rings. The number of rotatable bonds is 5. The van der Waals surface area contributed by atoms with E-state index in [2.05, 4.69) is 5.32 Å².